The van der Waals surface area contributed by atoms with Crippen LogP contribution in [0.3, 0.4) is 0 Å². The average Bonchev–Trinajstić information content (AvgIpc) is 2.16. The van der Waals surface area contributed by atoms with E-state index in [2.05, 4.69) is 0 Å². The summed E-state index contributed by atoms with van der Waals surface area (Å²) in [6, 6.07) is -1.42. The molecule has 15 heavy (non-hydrogen) atoms. The molecule has 0 bridgehead atoms. The van der Waals surface area contributed by atoms with Gasteiger partial charge in [-0.3, -0.25) is 14.9 Å². The van der Waals surface area contributed by atoms with Crippen molar-refractivity contribution in [3.05, 3.63) is 10.1 Å². The van der Waals surface area contributed by atoms with E-state index in [0.717, 1.165) is 0 Å². The first-order valence-corrected chi connectivity index (χ1v) is 4.47. The zero-order chi connectivity index (χ0) is 12.0. The van der Waals surface area contributed by atoms with Crippen LogP contribution in [-0.4, -0.2) is 53.8 Å². The maximum Gasteiger partial charge on any atom is 0.241 e. The van der Waals surface area contributed by atoms with Gasteiger partial charge in [-0.1, -0.05) is 0 Å². The molecule has 0 aromatic rings. The topological polar surface area (TPSA) is 83.7 Å². The first kappa shape index (κ1) is 13.8. The number of aliphatic hydroxyl groups is 1. The highest BCUT2D eigenvalue weighted by Gasteiger charge is 2.30. The van der Waals surface area contributed by atoms with Crippen LogP contribution in [0.2, 0.25) is 0 Å². The fraction of sp³-hybridized carbons (Fsp3) is 0.875. The lowest BCUT2D eigenvalue weighted by atomic mass is 10.1. The van der Waals surface area contributed by atoms with E-state index >= 15 is 0 Å². The van der Waals surface area contributed by atoms with E-state index < -0.39 is 23.7 Å². The van der Waals surface area contributed by atoms with Gasteiger partial charge in [-0.05, 0) is 0 Å². The van der Waals surface area contributed by atoms with E-state index in [1.165, 1.54) is 19.0 Å². The van der Waals surface area contributed by atoms with Gasteiger partial charge in [-0.15, -0.1) is 0 Å². The third-order valence-electron chi connectivity index (χ3n) is 2.03. The summed E-state index contributed by atoms with van der Waals surface area (Å²) < 4.78 is 12.0. The summed E-state index contributed by atoms with van der Waals surface area (Å²) in [4.78, 5) is 22.1. The van der Waals surface area contributed by atoms with Crippen LogP contribution in [0.15, 0.2) is 0 Å². The Morgan fingerprint density at radius 1 is 1.60 bits per heavy atom. The molecular weight excluding hydrogens is 207 g/mol. The lowest BCUT2D eigenvalue weighted by molar-refractivity contribution is -0.535. The number of aliphatic hydroxyl groups excluding tert-OH is 1. The van der Waals surface area contributed by atoms with Gasteiger partial charge in [0.1, 0.15) is 12.8 Å². The summed E-state index contributed by atoms with van der Waals surface area (Å²) in [6.07, 6.45) is -1.87. The van der Waals surface area contributed by atoms with Crippen LogP contribution < -0.4 is 0 Å². The number of hydrogen-bond acceptors (Lipinski definition) is 4. The average molecular weight is 222 g/mol. The number of nitrogens with zero attached hydrogens (tertiary/aromatic N) is 2. The molecule has 0 aromatic carbocycles. The minimum Gasteiger partial charge on any atom is -0.383 e. The Bertz CT molecular complexity index is 235. The molecule has 1 unspecified atom stereocenters. The summed E-state index contributed by atoms with van der Waals surface area (Å²) in [7, 11) is 3.05. The molecule has 0 heterocycles. The Balaban J connectivity index is 4.19. The Kier molecular flexibility index (Phi) is 5.76. The molecule has 0 aliphatic heterocycles. The number of hydrogen-bond donors (Lipinski definition) is 1. The van der Waals surface area contributed by atoms with Crippen molar-refractivity contribution in [3.63, 3.8) is 0 Å². The highest BCUT2D eigenvalue weighted by atomic mass is 19.1. The number of rotatable bonds is 6. The maximum atomic E-state index is 12.0. The fourth-order valence-electron chi connectivity index (χ4n) is 1.04. The molecule has 1 amide bonds. The van der Waals surface area contributed by atoms with Crippen molar-refractivity contribution in [2.24, 2.45) is 0 Å². The highest BCUT2D eigenvalue weighted by Crippen LogP contribution is 2.08. The Morgan fingerprint density at radius 2 is 2.13 bits per heavy atom. The third kappa shape index (κ3) is 4.68. The molecule has 1 N–H and O–H groups in total. The molecule has 0 saturated carbocycles. The lowest BCUT2D eigenvalue weighted by Gasteiger charge is -2.14. The van der Waals surface area contributed by atoms with Gasteiger partial charge in [0.15, 0.2) is 0 Å². The molecule has 0 saturated heterocycles. The van der Waals surface area contributed by atoms with Crippen molar-refractivity contribution in [3.8, 4) is 0 Å². The normalized spacial score (nSPS) is 14.4. The van der Waals surface area contributed by atoms with Crippen LogP contribution in [0.4, 0.5) is 4.39 Å². The van der Waals surface area contributed by atoms with Crippen LogP contribution in [-0.2, 0) is 4.79 Å². The second-order valence-corrected chi connectivity index (χ2v) is 3.40. The van der Waals surface area contributed by atoms with E-state index in [9.17, 15) is 19.3 Å². The van der Waals surface area contributed by atoms with Crippen LogP contribution in [0, 0.1) is 10.1 Å². The predicted octanol–water partition coefficient (Wildman–Crippen LogP) is -0.170. The maximum absolute atomic E-state index is 12.0. The second kappa shape index (κ2) is 6.28. The van der Waals surface area contributed by atoms with Crippen molar-refractivity contribution < 1.29 is 19.2 Å². The quantitative estimate of drug-likeness (QED) is 0.499. The molecule has 0 fully saturated rings. The Morgan fingerprint density at radius 3 is 2.47 bits per heavy atom. The number of alkyl halides is 1. The molecule has 6 nitrogen and oxygen atoms in total. The summed E-state index contributed by atoms with van der Waals surface area (Å²) in [5, 5.41) is 19.4. The lowest BCUT2D eigenvalue weighted by Crippen LogP contribution is -2.36. The smallest absolute Gasteiger partial charge is 0.241 e. The Hall–Kier alpha value is -1.24. The molecule has 0 rings (SSSR count). The minimum atomic E-state index is -1.64. The van der Waals surface area contributed by atoms with Gasteiger partial charge in [0.2, 0.25) is 11.9 Å². The molecule has 0 aliphatic carbocycles. The third-order valence-corrected chi connectivity index (χ3v) is 2.03. The van der Waals surface area contributed by atoms with Crippen molar-refractivity contribution >= 4 is 5.91 Å². The van der Waals surface area contributed by atoms with Gasteiger partial charge in [0, 0.05) is 31.9 Å². The number of amides is 1. The highest BCUT2D eigenvalue weighted by molar-refractivity contribution is 5.75. The molecule has 0 aromatic heterocycles. The summed E-state index contributed by atoms with van der Waals surface area (Å²) in [5.41, 5.74) is 0. The van der Waals surface area contributed by atoms with Crippen molar-refractivity contribution in [2.75, 3.05) is 20.8 Å². The van der Waals surface area contributed by atoms with Gasteiger partial charge < -0.3 is 10.0 Å². The molecule has 0 aliphatic rings. The van der Waals surface area contributed by atoms with E-state index in [4.69, 9.17) is 5.11 Å². The monoisotopic (exact) mass is 222 g/mol. The predicted molar refractivity (Wildman–Crippen MR) is 50.7 cm³/mol. The van der Waals surface area contributed by atoms with Gasteiger partial charge >= 0.3 is 0 Å². The molecular formula is C8H15FN2O4. The summed E-state index contributed by atoms with van der Waals surface area (Å²) in [5.74, 6) is -0.284. The fourth-order valence-corrected chi connectivity index (χ4v) is 1.04. The van der Waals surface area contributed by atoms with Crippen molar-refractivity contribution in [1.82, 2.24) is 4.90 Å². The van der Waals surface area contributed by atoms with Gasteiger partial charge in [0.05, 0.1) is 0 Å². The standard InChI is InChI=1S/C8H15FN2O4/c1-10(2)8(13)4-3-6(11(14)15)7(12)5-9/h6-7,12H,3-5H2,1-2H3/t6-,7?/m0/s1. The first-order chi connectivity index (χ1) is 6.90. The minimum absolute atomic E-state index is 0.0737. The first-order valence-electron chi connectivity index (χ1n) is 4.47. The molecule has 88 valence electrons. The Labute approximate surface area is 86.8 Å². The van der Waals surface area contributed by atoms with Crippen LogP contribution in [0.5, 0.6) is 0 Å². The largest absolute Gasteiger partial charge is 0.383 e. The number of nitro groups is 1. The summed E-state index contributed by atoms with van der Waals surface area (Å²) in [6.45, 7) is -1.18. The van der Waals surface area contributed by atoms with Crippen molar-refractivity contribution in [1.29, 1.82) is 0 Å². The van der Waals surface area contributed by atoms with Crippen LogP contribution in [0.1, 0.15) is 12.8 Å². The van der Waals surface area contributed by atoms with Crippen LogP contribution >= 0.6 is 0 Å². The van der Waals surface area contributed by atoms with E-state index in [1.54, 1.807) is 0 Å². The van der Waals surface area contributed by atoms with Crippen LogP contribution in [0.25, 0.3) is 0 Å². The van der Waals surface area contributed by atoms with E-state index in [-0.39, 0.29) is 18.7 Å². The number of carbonyl (C=O) groups is 1. The molecule has 2 atom stereocenters. The number of halogens is 1. The summed E-state index contributed by atoms with van der Waals surface area (Å²) >= 11 is 0. The molecule has 7 heteroatoms. The second-order valence-electron chi connectivity index (χ2n) is 3.40. The van der Waals surface area contributed by atoms with E-state index in [1.807, 2.05) is 0 Å². The molecule has 0 radical (unpaired) electrons. The SMILES string of the molecule is CN(C)C(=O)CC[C@@H](C(O)CF)[N+](=O)[O-]. The zero-order valence-electron chi connectivity index (χ0n) is 8.72. The van der Waals surface area contributed by atoms with Gasteiger partial charge in [-0.25, -0.2) is 4.39 Å². The van der Waals surface area contributed by atoms with Crippen molar-refractivity contribution in [2.45, 2.75) is 25.0 Å². The van der Waals surface area contributed by atoms with Gasteiger partial charge in [0.25, 0.3) is 0 Å². The molecule has 0 spiro atoms. The zero-order valence-corrected chi connectivity index (χ0v) is 8.72. The number of carbonyl (C=O) groups excluding carboxylic acids is 1. The van der Waals surface area contributed by atoms with E-state index in [0.29, 0.717) is 0 Å². The van der Waals surface area contributed by atoms with Gasteiger partial charge in [-0.2, -0.15) is 0 Å².